The Balaban J connectivity index is 1.66. The molecule has 2 aromatic heterocycles. The molecule has 0 saturated carbocycles. The lowest BCUT2D eigenvalue weighted by atomic mass is 10.0. The molecule has 6 heteroatoms. The molecule has 25 heavy (non-hydrogen) atoms. The molecule has 0 aliphatic carbocycles. The van der Waals surface area contributed by atoms with Gasteiger partial charge >= 0.3 is 0 Å². The molecule has 0 spiro atoms. The number of nitrogens with two attached hydrogens (primary N) is 1. The molecule has 0 unspecified atom stereocenters. The smallest absolute Gasteiger partial charge is 0.145 e. The first kappa shape index (κ1) is 16.0. The molecule has 3 aromatic rings. The van der Waals surface area contributed by atoms with Gasteiger partial charge in [-0.15, -0.1) is 0 Å². The van der Waals surface area contributed by atoms with Crippen molar-refractivity contribution in [1.82, 2.24) is 24.6 Å². The van der Waals surface area contributed by atoms with Gasteiger partial charge in [-0.1, -0.05) is 12.1 Å². The molecule has 1 saturated heterocycles. The summed E-state index contributed by atoms with van der Waals surface area (Å²) in [6, 6.07) is 8.29. The van der Waals surface area contributed by atoms with Crippen LogP contribution in [0.15, 0.2) is 24.3 Å². The number of anilines is 1. The summed E-state index contributed by atoms with van der Waals surface area (Å²) in [5.74, 6) is 1.35. The molecule has 1 atom stereocenters. The summed E-state index contributed by atoms with van der Waals surface area (Å²) >= 11 is 0. The van der Waals surface area contributed by atoms with E-state index in [1.807, 2.05) is 36.0 Å². The molecule has 130 valence electrons. The molecule has 2 N–H and O–H groups in total. The minimum Gasteiger partial charge on any atom is -0.383 e. The second-order valence-electron chi connectivity index (χ2n) is 6.88. The van der Waals surface area contributed by atoms with E-state index in [4.69, 9.17) is 10.7 Å². The lowest BCUT2D eigenvalue weighted by Crippen LogP contribution is -2.25. The summed E-state index contributed by atoms with van der Waals surface area (Å²) in [6.07, 6.45) is 2.33. The Morgan fingerprint density at radius 2 is 2.00 bits per heavy atom. The van der Waals surface area contributed by atoms with Gasteiger partial charge in [0.25, 0.3) is 0 Å². The highest BCUT2D eigenvalue weighted by molar-refractivity contribution is 5.87. The number of rotatable bonds is 3. The van der Waals surface area contributed by atoms with Crippen LogP contribution in [-0.2, 0) is 13.6 Å². The van der Waals surface area contributed by atoms with Gasteiger partial charge in [0.05, 0.1) is 17.8 Å². The Labute approximate surface area is 147 Å². The van der Waals surface area contributed by atoms with Gasteiger partial charge in [0.1, 0.15) is 11.6 Å². The predicted molar refractivity (Wildman–Crippen MR) is 99.0 cm³/mol. The standard InChI is InChI=1S/C19H24N6/c1-12-18(13(2)24(3)23-12)16-9-6-10-25(16)11-17-21-15-8-5-4-7-14(15)19(20)22-17/h4-5,7-8,16H,6,9-11H2,1-3H3,(H2,20,21,22)/t16-/m0/s1. The highest BCUT2D eigenvalue weighted by Gasteiger charge is 2.30. The quantitative estimate of drug-likeness (QED) is 0.796. The van der Waals surface area contributed by atoms with Crippen molar-refractivity contribution in [2.24, 2.45) is 7.05 Å². The van der Waals surface area contributed by atoms with Gasteiger partial charge < -0.3 is 5.73 Å². The van der Waals surface area contributed by atoms with Gasteiger partial charge in [-0.2, -0.15) is 5.10 Å². The van der Waals surface area contributed by atoms with Crippen LogP contribution in [0.4, 0.5) is 5.82 Å². The number of hydrogen-bond acceptors (Lipinski definition) is 5. The number of hydrogen-bond donors (Lipinski definition) is 1. The van der Waals surface area contributed by atoms with Crippen molar-refractivity contribution in [3.63, 3.8) is 0 Å². The lowest BCUT2D eigenvalue weighted by molar-refractivity contribution is 0.241. The van der Waals surface area contributed by atoms with E-state index in [9.17, 15) is 0 Å². The first-order valence-electron chi connectivity index (χ1n) is 8.80. The fraction of sp³-hybridized carbons (Fsp3) is 0.421. The van der Waals surface area contributed by atoms with E-state index in [1.165, 1.54) is 17.7 Å². The molecule has 1 aliphatic rings. The minimum atomic E-state index is 0.380. The van der Waals surface area contributed by atoms with Crippen molar-refractivity contribution in [3.8, 4) is 0 Å². The van der Waals surface area contributed by atoms with Crippen molar-refractivity contribution in [3.05, 3.63) is 47.0 Å². The molecule has 6 nitrogen and oxygen atoms in total. The van der Waals surface area contributed by atoms with Crippen molar-refractivity contribution < 1.29 is 0 Å². The monoisotopic (exact) mass is 336 g/mol. The summed E-state index contributed by atoms with van der Waals surface area (Å²) in [7, 11) is 2.01. The average molecular weight is 336 g/mol. The van der Waals surface area contributed by atoms with E-state index in [-0.39, 0.29) is 0 Å². The fourth-order valence-corrected chi connectivity index (χ4v) is 4.02. The first-order valence-corrected chi connectivity index (χ1v) is 8.80. The highest BCUT2D eigenvalue weighted by atomic mass is 15.3. The van der Waals surface area contributed by atoms with Gasteiger partial charge in [-0.3, -0.25) is 9.58 Å². The number of nitrogen functional groups attached to an aromatic ring is 1. The maximum absolute atomic E-state index is 6.15. The number of benzene rings is 1. The summed E-state index contributed by atoms with van der Waals surface area (Å²) in [5, 5.41) is 5.51. The maximum Gasteiger partial charge on any atom is 0.145 e. The summed E-state index contributed by atoms with van der Waals surface area (Å²) < 4.78 is 1.98. The Hall–Kier alpha value is -2.47. The van der Waals surface area contributed by atoms with Crippen molar-refractivity contribution in [2.75, 3.05) is 12.3 Å². The molecule has 0 radical (unpaired) electrons. The van der Waals surface area contributed by atoms with Gasteiger partial charge in [0.2, 0.25) is 0 Å². The van der Waals surface area contributed by atoms with E-state index < -0.39 is 0 Å². The van der Waals surface area contributed by atoms with E-state index in [0.717, 1.165) is 35.4 Å². The zero-order chi connectivity index (χ0) is 17.6. The molecule has 1 fully saturated rings. The number of likely N-dealkylation sites (tertiary alicyclic amines) is 1. The molecule has 3 heterocycles. The van der Waals surface area contributed by atoms with E-state index in [0.29, 0.717) is 18.4 Å². The normalized spacial score (nSPS) is 18.3. The topological polar surface area (TPSA) is 72.9 Å². The average Bonchev–Trinajstić information content (AvgIpc) is 3.12. The fourth-order valence-electron chi connectivity index (χ4n) is 4.02. The molecule has 0 amide bonds. The number of para-hydroxylation sites is 1. The van der Waals surface area contributed by atoms with Gasteiger partial charge in [-0.25, -0.2) is 9.97 Å². The maximum atomic E-state index is 6.15. The van der Waals surface area contributed by atoms with Crippen LogP contribution < -0.4 is 5.73 Å². The van der Waals surface area contributed by atoms with Gasteiger partial charge in [0.15, 0.2) is 0 Å². The third-order valence-corrected chi connectivity index (χ3v) is 5.29. The third kappa shape index (κ3) is 2.76. The third-order valence-electron chi connectivity index (χ3n) is 5.29. The molecule has 4 rings (SSSR count). The largest absolute Gasteiger partial charge is 0.383 e. The van der Waals surface area contributed by atoms with Crippen LogP contribution in [0.5, 0.6) is 0 Å². The molecule has 0 bridgehead atoms. The second-order valence-corrected chi connectivity index (χ2v) is 6.88. The Morgan fingerprint density at radius 3 is 2.76 bits per heavy atom. The minimum absolute atomic E-state index is 0.380. The van der Waals surface area contributed by atoms with Crippen LogP contribution in [0.25, 0.3) is 10.9 Å². The van der Waals surface area contributed by atoms with E-state index >= 15 is 0 Å². The van der Waals surface area contributed by atoms with Crippen molar-refractivity contribution in [1.29, 1.82) is 0 Å². The Morgan fingerprint density at radius 1 is 1.20 bits per heavy atom. The van der Waals surface area contributed by atoms with E-state index in [1.54, 1.807) is 0 Å². The highest BCUT2D eigenvalue weighted by Crippen LogP contribution is 2.36. The molecular formula is C19H24N6. The first-order chi connectivity index (χ1) is 12.0. The van der Waals surface area contributed by atoms with Crippen LogP contribution in [0.2, 0.25) is 0 Å². The molecule has 1 aliphatic heterocycles. The number of nitrogens with zero attached hydrogens (tertiary/aromatic N) is 5. The van der Waals surface area contributed by atoms with Crippen molar-refractivity contribution in [2.45, 2.75) is 39.3 Å². The molecular weight excluding hydrogens is 312 g/mol. The number of fused-ring (bicyclic) bond motifs is 1. The zero-order valence-corrected chi connectivity index (χ0v) is 15.0. The Kier molecular flexibility index (Phi) is 3.92. The molecule has 1 aromatic carbocycles. The second kappa shape index (κ2) is 6.11. The summed E-state index contributed by atoms with van der Waals surface area (Å²) in [4.78, 5) is 11.7. The van der Waals surface area contributed by atoms with Gasteiger partial charge in [-0.05, 0) is 45.4 Å². The van der Waals surface area contributed by atoms with E-state index in [2.05, 4.69) is 28.8 Å². The van der Waals surface area contributed by atoms with Crippen LogP contribution in [0.3, 0.4) is 0 Å². The zero-order valence-electron chi connectivity index (χ0n) is 15.0. The van der Waals surface area contributed by atoms with Crippen LogP contribution in [-0.4, -0.2) is 31.2 Å². The number of aryl methyl sites for hydroxylation is 2. The van der Waals surface area contributed by atoms with Crippen LogP contribution in [0, 0.1) is 13.8 Å². The SMILES string of the molecule is Cc1nn(C)c(C)c1[C@@H]1CCCN1Cc1nc(N)c2ccccc2n1. The lowest BCUT2D eigenvalue weighted by Gasteiger charge is -2.24. The number of aromatic nitrogens is 4. The predicted octanol–water partition coefficient (Wildman–Crippen LogP) is 2.90. The Bertz CT molecular complexity index is 929. The summed E-state index contributed by atoms with van der Waals surface area (Å²) in [5.41, 5.74) is 10.8. The van der Waals surface area contributed by atoms with Crippen LogP contribution in [0.1, 0.15) is 41.7 Å². The summed E-state index contributed by atoms with van der Waals surface area (Å²) in [6.45, 7) is 6.02. The van der Waals surface area contributed by atoms with Gasteiger partial charge in [0, 0.05) is 29.7 Å². The van der Waals surface area contributed by atoms with Crippen molar-refractivity contribution >= 4 is 16.7 Å². The van der Waals surface area contributed by atoms with Crippen LogP contribution >= 0.6 is 0 Å².